The van der Waals surface area contributed by atoms with Crippen molar-refractivity contribution in [2.75, 3.05) is 13.1 Å². The number of hydrogen-bond donors (Lipinski definition) is 1. The zero-order valence-corrected chi connectivity index (χ0v) is 9.21. The Labute approximate surface area is 92.9 Å². The summed E-state index contributed by atoms with van der Waals surface area (Å²) in [6.45, 7) is 1.73. The molecule has 0 bridgehead atoms. The monoisotopic (exact) mass is 201 g/mol. The molecule has 0 fully saturated rings. The molecule has 80 valence electrons. The van der Waals surface area contributed by atoms with Crippen molar-refractivity contribution < 1.29 is 0 Å². The van der Waals surface area contributed by atoms with Crippen LogP contribution in [0.1, 0.15) is 24.8 Å². The van der Waals surface area contributed by atoms with E-state index in [2.05, 4.69) is 41.6 Å². The van der Waals surface area contributed by atoms with Crippen LogP contribution < -0.4 is 5.32 Å². The van der Waals surface area contributed by atoms with Gasteiger partial charge in [0.1, 0.15) is 0 Å². The SMILES string of the molecule is C#CCNCCCCCc1ccccc1. The van der Waals surface area contributed by atoms with Gasteiger partial charge in [0, 0.05) is 0 Å². The van der Waals surface area contributed by atoms with Crippen molar-refractivity contribution in [3.8, 4) is 12.3 Å². The second-order valence-electron chi connectivity index (χ2n) is 3.68. The lowest BCUT2D eigenvalue weighted by molar-refractivity contribution is 0.630. The van der Waals surface area contributed by atoms with Gasteiger partial charge < -0.3 is 5.32 Å². The van der Waals surface area contributed by atoms with Crippen LogP contribution in [0.4, 0.5) is 0 Å². The summed E-state index contributed by atoms with van der Waals surface area (Å²) in [6, 6.07) is 10.6. The van der Waals surface area contributed by atoms with Gasteiger partial charge in [-0.25, -0.2) is 0 Å². The Balaban J connectivity index is 1.96. The van der Waals surface area contributed by atoms with Crippen molar-refractivity contribution in [2.45, 2.75) is 25.7 Å². The maximum absolute atomic E-state index is 5.13. The fraction of sp³-hybridized carbons (Fsp3) is 0.429. The third-order valence-corrected chi connectivity index (χ3v) is 2.39. The number of nitrogens with one attached hydrogen (secondary N) is 1. The molecule has 0 aliphatic carbocycles. The highest BCUT2D eigenvalue weighted by molar-refractivity contribution is 5.14. The van der Waals surface area contributed by atoms with E-state index >= 15 is 0 Å². The lowest BCUT2D eigenvalue weighted by Gasteiger charge is -2.02. The highest BCUT2D eigenvalue weighted by Crippen LogP contribution is 2.05. The molecule has 0 amide bonds. The van der Waals surface area contributed by atoms with Gasteiger partial charge in [-0.2, -0.15) is 0 Å². The third-order valence-electron chi connectivity index (χ3n) is 2.39. The molecule has 1 heteroatoms. The average molecular weight is 201 g/mol. The highest BCUT2D eigenvalue weighted by atomic mass is 14.8. The quantitative estimate of drug-likeness (QED) is 0.528. The van der Waals surface area contributed by atoms with Crippen LogP contribution in [0, 0.1) is 12.3 Å². The molecule has 0 radical (unpaired) electrons. The molecule has 0 aliphatic heterocycles. The van der Waals surface area contributed by atoms with Crippen molar-refractivity contribution in [1.29, 1.82) is 0 Å². The van der Waals surface area contributed by atoms with Crippen LogP contribution in [0.5, 0.6) is 0 Å². The fourth-order valence-electron chi connectivity index (χ4n) is 1.56. The number of hydrogen-bond acceptors (Lipinski definition) is 1. The second-order valence-corrected chi connectivity index (χ2v) is 3.68. The zero-order chi connectivity index (χ0) is 10.8. The lowest BCUT2D eigenvalue weighted by atomic mass is 10.1. The van der Waals surface area contributed by atoms with E-state index in [0.717, 1.165) is 6.54 Å². The number of terminal acetylenes is 1. The van der Waals surface area contributed by atoms with E-state index in [-0.39, 0.29) is 0 Å². The molecule has 0 aromatic heterocycles. The second kappa shape index (κ2) is 8.08. The maximum Gasteiger partial charge on any atom is 0.0573 e. The average Bonchev–Trinajstić information content (AvgIpc) is 2.29. The molecular formula is C14H19N. The van der Waals surface area contributed by atoms with Gasteiger partial charge in [-0.1, -0.05) is 42.7 Å². The van der Waals surface area contributed by atoms with Gasteiger partial charge >= 0.3 is 0 Å². The minimum absolute atomic E-state index is 0.693. The van der Waals surface area contributed by atoms with Crippen LogP contribution >= 0.6 is 0 Å². The molecule has 0 aliphatic rings. The van der Waals surface area contributed by atoms with Crippen LogP contribution in [-0.4, -0.2) is 13.1 Å². The highest BCUT2D eigenvalue weighted by Gasteiger charge is 1.92. The number of aryl methyl sites for hydroxylation is 1. The number of unbranched alkanes of at least 4 members (excludes halogenated alkanes) is 2. The van der Waals surface area contributed by atoms with Crippen molar-refractivity contribution in [3.63, 3.8) is 0 Å². The van der Waals surface area contributed by atoms with Crippen LogP contribution in [0.15, 0.2) is 30.3 Å². The summed E-state index contributed by atoms with van der Waals surface area (Å²) in [5.41, 5.74) is 1.44. The van der Waals surface area contributed by atoms with Crippen molar-refractivity contribution >= 4 is 0 Å². The minimum Gasteiger partial charge on any atom is -0.306 e. The first-order valence-electron chi connectivity index (χ1n) is 5.61. The molecule has 1 rings (SSSR count). The largest absolute Gasteiger partial charge is 0.306 e. The first-order valence-corrected chi connectivity index (χ1v) is 5.61. The van der Waals surface area contributed by atoms with Crippen molar-refractivity contribution in [2.24, 2.45) is 0 Å². The molecule has 0 spiro atoms. The molecule has 0 saturated heterocycles. The van der Waals surface area contributed by atoms with Crippen molar-refractivity contribution in [3.05, 3.63) is 35.9 Å². The number of benzene rings is 1. The van der Waals surface area contributed by atoms with Crippen LogP contribution in [0.2, 0.25) is 0 Å². The van der Waals surface area contributed by atoms with Gasteiger partial charge in [-0.3, -0.25) is 0 Å². The minimum atomic E-state index is 0.693. The first kappa shape index (κ1) is 11.8. The van der Waals surface area contributed by atoms with E-state index in [0.29, 0.717) is 6.54 Å². The van der Waals surface area contributed by atoms with Gasteiger partial charge in [0.2, 0.25) is 0 Å². The molecular weight excluding hydrogens is 182 g/mol. The Morgan fingerprint density at radius 3 is 2.60 bits per heavy atom. The van der Waals surface area contributed by atoms with E-state index in [4.69, 9.17) is 6.42 Å². The summed E-state index contributed by atoms with van der Waals surface area (Å²) in [5.74, 6) is 2.57. The Kier molecular flexibility index (Phi) is 6.36. The summed E-state index contributed by atoms with van der Waals surface area (Å²) in [4.78, 5) is 0. The topological polar surface area (TPSA) is 12.0 Å². The predicted octanol–water partition coefficient (Wildman–Crippen LogP) is 2.62. The van der Waals surface area contributed by atoms with E-state index < -0.39 is 0 Å². The third kappa shape index (κ3) is 5.93. The van der Waals surface area contributed by atoms with Gasteiger partial charge in [0.25, 0.3) is 0 Å². The Morgan fingerprint density at radius 1 is 1.07 bits per heavy atom. The fourth-order valence-corrected chi connectivity index (χ4v) is 1.56. The summed E-state index contributed by atoms with van der Waals surface area (Å²) in [7, 11) is 0. The number of rotatable bonds is 7. The maximum atomic E-state index is 5.13. The van der Waals surface area contributed by atoms with Crippen LogP contribution in [0.25, 0.3) is 0 Å². The molecule has 0 atom stereocenters. The van der Waals surface area contributed by atoms with E-state index in [1.165, 1.54) is 31.2 Å². The van der Waals surface area contributed by atoms with Crippen molar-refractivity contribution in [1.82, 2.24) is 5.32 Å². The standard InChI is InChI=1S/C14H19N/c1-2-12-15-13-8-4-7-11-14-9-5-3-6-10-14/h1,3,5-6,9-10,15H,4,7-8,11-13H2. The summed E-state index contributed by atoms with van der Waals surface area (Å²) < 4.78 is 0. The van der Waals surface area contributed by atoms with Gasteiger partial charge in [-0.05, 0) is 31.4 Å². The molecule has 1 nitrogen and oxygen atoms in total. The lowest BCUT2D eigenvalue weighted by Crippen LogP contribution is -2.14. The molecule has 1 aromatic carbocycles. The Hall–Kier alpha value is -1.26. The van der Waals surface area contributed by atoms with E-state index in [1.54, 1.807) is 0 Å². The van der Waals surface area contributed by atoms with Crippen LogP contribution in [-0.2, 0) is 6.42 Å². The molecule has 15 heavy (non-hydrogen) atoms. The molecule has 0 saturated carbocycles. The normalized spacial score (nSPS) is 9.80. The summed E-state index contributed by atoms with van der Waals surface area (Å²) in [5, 5.41) is 3.20. The first-order chi connectivity index (χ1) is 7.43. The predicted molar refractivity (Wildman–Crippen MR) is 65.7 cm³/mol. The molecule has 0 heterocycles. The Bertz CT molecular complexity index is 284. The molecule has 1 N–H and O–H groups in total. The summed E-state index contributed by atoms with van der Waals surface area (Å²) >= 11 is 0. The smallest absolute Gasteiger partial charge is 0.0573 e. The molecule has 1 aromatic rings. The van der Waals surface area contributed by atoms with E-state index in [1.807, 2.05) is 0 Å². The van der Waals surface area contributed by atoms with E-state index in [9.17, 15) is 0 Å². The zero-order valence-electron chi connectivity index (χ0n) is 9.21. The summed E-state index contributed by atoms with van der Waals surface area (Å²) in [6.07, 6.45) is 10.1. The van der Waals surface area contributed by atoms with Gasteiger partial charge in [-0.15, -0.1) is 6.42 Å². The Morgan fingerprint density at radius 2 is 1.87 bits per heavy atom. The molecule has 0 unspecified atom stereocenters. The van der Waals surface area contributed by atoms with Gasteiger partial charge in [0.15, 0.2) is 0 Å². The van der Waals surface area contributed by atoms with Crippen LogP contribution in [0.3, 0.4) is 0 Å². The van der Waals surface area contributed by atoms with Gasteiger partial charge in [0.05, 0.1) is 6.54 Å².